The number of sulfonamides is 1. The number of amides is 1. The average Bonchev–Trinajstić information content (AvgIpc) is 3.33. The van der Waals surface area contributed by atoms with E-state index in [1.165, 1.54) is 4.31 Å². The molecule has 0 bridgehead atoms. The Morgan fingerprint density at radius 3 is 2.46 bits per heavy atom. The van der Waals surface area contributed by atoms with Crippen LogP contribution in [0.1, 0.15) is 38.5 Å². The van der Waals surface area contributed by atoms with Crippen molar-refractivity contribution in [2.75, 3.05) is 6.54 Å². The first-order chi connectivity index (χ1) is 12.6. The van der Waals surface area contributed by atoms with E-state index < -0.39 is 16.1 Å². The van der Waals surface area contributed by atoms with Crippen LogP contribution in [0.2, 0.25) is 0 Å². The second-order valence-electron chi connectivity index (χ2n) is 7.27. The fourth-order valence-corrected chi connectivity index (χ4v) is 5.81. The van der Waals surface area contributed by atoms with E-state index in [4.69, 9.17) is 0 Å². The van der Waals surface area contributed by atoms with E-state index in [1.54, 1.807) is 12.1 Å². The molecule has 2 aromatic rings. The van der Waals surface area contributed by atoms with Gasteiger partial charge >= 0.3 is 0 Å². The van der Waals surface area contributed by atoms with Crippen LogP contribution >= 0.6 is 0 Å². The number of hydrogen-bond donors (Lipinski definition) is 1. The number of hydrogen-bond acceptors (Lipinski definition) is 3. The van der Waals surface area contributed by atoms with E-state index in [0.717, 1.165) is 42.9 Å². The van der Waals surface area contributed by atoms with Crippen LogP contribution in [0.15, 0.2) is 47.4 Å². The van der Waals surface area contributed by atoms with Crippen LogP contribution in [0.3, 0.4) is 0 Å². The van der Waals surface area contributed by atoms with Crippen molar-refractivity contribution in [3.05, 3.63) is 42.5 Å². The molecule has 1 unspecified atom stereocenters. The highest BCUT2D eigenvalue weighted by Crippen LogP contribution is 2.29. The van der Waals surface area contributed by atoms with Crippen LogP contribution in [-0.4, -0.2) is 37.3 Å². The zero-order valence-electron chi connectivity index (χ0n) is 14.7. The first kappa shape index (κ1) is 17.5. The lowest BCUT2D eigenvalue weighted by Gasteiger charge is -2.25. The number of nitrogens with zero attached hydrogens (tertiary/aromatic N) is 1. The SMILES string of the molecule is O=C(NC1CCCC1)C1CCCN1S(=O)(=O)c1ccc2ccccc2c1. The molecule has 138 valence electrons. The first-order valence-electron chi connectivity index (χ1n) is 9.37. The minimum absolute atomic E-state index is 0.140. The third kappa shape index (κ3) is 3.23. The van der Waals surface area contributed by atoms with Gasteiger partial charge in [-0.3, -0.25) is 4.79 Å². The molecule has 1 aliphatic heterocycles. The maximum atomic E-state index is 13.2. The lowest BCUT2D eigenvalue weighted by molar-refractivity contribution is -0.124. The molecule has 2 aromatic carbocycles. The van der Waals surface area contributed by atoms with E-state index in [0.29, 0.717) is 13.0 Å². The molecule has 1 atom stereocenters. The smallest absolute Gasteiger partial charge is 0.243 e. The third-order valence-corrected chi connectivity index (χ3v) is 7.44. The maximum absolute atomic E-state index is 13.2. The second kappa shape index (κ2) is 7.00. The monoisotopic (exact) mass is 372 g/mol. The van der Waals surface area contributed by atoms with Crippen molar-refractivity contribution in [2.45, 2.75) is 55.5 Å². The summed E-state index contributed by atoms with van der Waals surface area (Å²) in [6.45, 7) is 0.401. The summed E-state index contributed by atoms with van der Waals surface area (Å²) in [4.78, 5) is 12.9. The molecule has 0 aromatic heterocycles. The van der Waals surface area contributed by atoms with E-state index in [9.17, 15) is 13.2 Å². The van der Waals surface area contributed by atoms with E-state index >= 15 is 0 Å². The summed E-state index contributed by atoms with van der Waals surface area (Å²) < 4.78 is 27.7. The second-order valence-corrected chi connectivity index (χ2v) is 9.16. The summed E-state index contributed by atoms with van der Waals surface area (Å²) in [5.74, 6) is -0.140. The molecule has 0 radical (unpaired) electrons. The lowest BCUT2D eigenvalue weighted by atomic mass is 10.1. The molecule has 4 rings (SSSR count). The molecule has 2 fully saturated rings. The van der Waals surface area contributed by atoms with Crippen molar-refractivity contribution < 1.29 is 13.2 Å². The average molecular weight is 372 g/mol. The highest BCUT2D eigenvalue weighted by molar-refractivity contribution is 7.89. The van der Waals surface area contributed by atoms with Gasteiger partial charge in [-0.1, -0.05) is 43.2 Å². The number of rotatable bonds is 4. The Morgan fingerprint density at radius 2 is 1.69 bits per heavy atom. The number of fused-ring (bicyclic) bond motifs is 1. The lowest BCUT2D eigenvalue weighted by Crippen LogP contribution is -2.48. The Kier molecular flexibility index (Phi) is 4.71. The van der Waals surface area contributed by atoms with Crippen molar-refractivity contribution in [3.8, 4) is 0 Å². The van der Waals surface area contributed by atoms with Gasteiger partial charge in [-0.15, -0.1) is 0 Å². The molecule has 5 nitrogen and oxygen atoms in total. The fraction of sp³-hybridized carbons (Fsp3) is 0.450. The molecular formula is C20H24N2O3S. The Labute approximate surface area is 154 Å². The zero-order chi connectivity index (χ0) is 18.1. The Morgan fingerprint density at radius 1 is 0.962 bits per heavy atom. The molecule has 26 heavy (non-hydrogen) atoms. The van der Waals surface area contributed by atoms with Crippen LogP contribution in [0.5, 0.6) is 0 Å². The molecule has 1 N–H and O–H groups in total. The summed E-state index contributed by atoms with van der Waals surface area (Å²) >= 11 is 0. The van der Waals surface area contributed by atoms with Gasteiger partial charge in [0.15, 0.2) is 0 Å². The summed E-state index contributed by atoms with van der Waals surface area (Å²) in [7, 11) is -3.69. The number of carbonyl (C=O) groups is 1. The van der Waals surface area contributed by atoms with Crippen LogP contribution < -0.4 is 5.32 Å². The van der Waals surface area contributed by atoms with Crippen molar-refractivity contribution in [1.29, 1.82) is 0 Å². The van der Waals surface area contributed by atoms with Crippen molar-refractivity contribution >= 4 is 26.7 Å². The van der Waals surface area contributed by atoms with Crippen LogP contribution in [-0.2, 0) is 14.8 Å². The predicted molar refractivity (Wildman–Crippen MR) is 101 cm³/mol. The summed E-state index contributed by atoms with van der Waals surface area (Å²) in [5.41, 5.74) is 0. The molecule has 0 spiro atoms. The molecule has 1 saturated carbocycles. The largest absolute Gasteiger partial charge is 0.352 e. The molecule has 1 heterocycles. The highest BCUT2D eigenvalue weighted by atomic mass is 32.2. The molecule has 1 saturated heterocycles. The number of nitrogens with one attached hydrogen (secondary N) is 1. The van der Waals surface area contributed by atoms with Gasteiger partial charge in [0.25, 0.3) is 0 Å². The Hall–Kier alpha value is -1.92. The van der Waals surface area contributed by atoms with Crippen LogP contribution in [0.4, 0.5) is 0 Å². The number of benzene rings is 2. The minimum Gasteiger partial charge on any atom is -0.352 e. The predicted octanol–water partition coefficient (Wildman–Crippen LogP) is 3.05. The van der Waals surface area contributed by atoms with Crippen LogP contribution in [0.25, 0.3) is 10.8 Å². The standard InChI is InChI=1S/C20H24N2O3S/c23-20(21-17-8-3-4-9-17)19-10-5-13-22(19)26(24,25)18-12-11-15-6-1-2-7-16(15)14-18/h1-2,6-7,11-12,14,17,19H,3-5,8-10,13H2,(H,21,23). The summed E-state index contributed by atoms with van der Waals surface area (Å²) in [5, 5.41) is 4.95. The molecular weight excluding hydrogens is 348 g/mol. The molecule has 6 heteroatoms. The van der Waals surface area contributed by atoms with Gasteiger partial charge in [-0.2, -0.15) is 4.31 Å². The fourth-order valence-electron chi connectivity index (χ4n) is 4.12. The van der Waals surface area contributed by atoms with Gasteiger partial charge in [-0.25, -0.2) is 8.42 Å². The van der Waals surface area contributed by atoms with E-state index in [2.05, 4.69) is 5.32 Å². The summed E-state index contributed by atoms with van der Waals surface area (Å²) in [6.07, 6.45) is 5.57. The number of carbonyl (C=O) groups excluding carboxylic acids is 1. The highest BCUT2D eigenvalue weighted by Gasteiger charge is 2.40. The van der Waals surface area contributed by atoms with Gasteiger partial charge in [0.1, 0.15) is 6.04 Å². The normalized spacial score (nSPS) is 22.1. The van der Waals surface area contributed by atoms with Gasteiger partial charge in [0.05, 0.1) is 4.90 Å². The van der Waals surface area contributed by atoms with Crippen molar-refractivity contribution in [3.63, 3.8) is 0 Å². The topological polar surface area (TPSA) is 66.5 Å². The van der Waals surface area contributed by atoms with E-state index in [-0.39, 0.29) is 16.8 Å². The molecule has 1 aliphatic carbocycles. The van der Waals surface area contributed by atoms with Crippen molar-refractivity contribution in [1.82, 2.24) is 9.62 Å². The van der Waals surface area contributed by atoms with Gasteiger partial charge in [0.2, 0.25) is 15.9 Å². The maximum Gasteiger partial charge on any atom is 0.243 e. The van der Waals surface area contributed by atoms with Crippen molar-refractivity contribution in [2.24, 2.45) is 0 Å². The van der Waals surface area contributed by atoms with E-state index in [1.807, 2.05) is 30.3 Å². The van der Waals surface area contributed by atoms with Gasteiger partial charge in [0, 0.05) is 12.6 Å². The zero-order valence-corrected chi connectivity index (χ0v) is 15.5. The minimum atomic E-state index is -3.69. The summed E-state index contributed by atoms with van der Waals surface area (Å²) in [6, 6.07) is 12.5. The first-order valence-corrected chi connectivity index (χ1v) is 10.8. The third-order valence-electron chi connectivity index (χ3n) is 5.54. The quantitative estimate of drug-likeness (QED) is 0.897. The van der Waals surface area contributed by atoms with Crippen LogP contribution in [0, 0.1) is 0 Å². The van der Waals surface area contributed by atoms with Gasteiger partial charge in [-0.05, 0) is 48.6 Å². The van der Waals surface area contributed by atoms with Gasteiger partial charge < -0.3 is 5.32 Å². The molecule has 2 aliphatic rings. The Bertz CT molecular complexity index is 920. The molecule has 1 amide bonds. The Balaban J connectivity index is 1.59.